The highest BCUT2D eigenvalue weighted by atomic mass is 79.9. The smallest absolute Gasteiger partial charge is 0.276 e. The fourth-order valence-electron chi connectivity index (χ4n) is 2.97. The van der Waals surface area contributed by atoms with Gasteiger partial charge in [0.05, 0.1) is 11.0 Å². The van der Waals surface area contributed by atoms with E-state index in [2.05, 4.69) is 41.9 Å². The van der Waals surface area contributed by atoms with Crippen molar-refractivity contribution in [1.29, 1.82) is 0 Å². The van der Waals surface area contributed by atoms with Gasteiger partial charge in [0.2, 0.25) is 5.82 Å². The van der Waals surface area contributed by atoms with Crippen LogP contribution in [0.3, 0.4) is 0 Å². The summed E-state index contributed by atoms with van der Waals surface area (Å²) in [4.78, 5) is 4.41. The molecule has 15 heteroatoms. The lowest BCUT2D eigenvalue weighted by atomic mass is 10.1. The number of amidine groups is 1. The Hall–Kier alpha value is -1.78. The standard InChI is InChI=1S/C16H21BrFN7O4S2/c17-12-9-11(1-2-13(12)18)22-15(20-5-8-30-26)14-16(24-29-23-14)21-10-3-6-25(7-4-10)31(19,27)28/h1-2,9-10,26H,3-8H2,(H,20,22)(H,21,24)(H2,19,27,28). The average Bonchev–Trinajstić information content (AvgIpc) is 3.18. The summed E-state index contributed by atoms with van der Waals surface area (Å²) in [7, 11) is -3.71. The first-order chi connectivity index (χ1) is 14.8. The molecule has 2 aromatic rings. The minimum atomic E-state index is -3.71. The van der Waals surface area contributed by atoms with E-state index in [4.69, 9.17) is 14.3 Å². The molecule has 2 heterocycles. The van der Waals surface area contributed by atoms with Gasteiger partial charge in [0.15, 0.2) is 11.5 Å². The summed E-state index contributed by atoms with van der Waals surface area (Å²) < 4.78 is 51.9. The Labute approximate surface area is 191 Å². The quantitative estimate of drug-likeness (QED) is 0.171. The zero-order chi connectivity index (χ0) is 22.4. The minimum absolute atomic E-state index is 0.0714. The number of hydrogen-bond acceptors (Lipinski definition) is 9. The monoisotopic (exact) mass is 537 g/mol. The van der Waals surface area contributed by atoms with E-state index in [0.29, 0.717) is 53.7 Å². The number of nitrogens with two attached hydrogens (primary N) is 1. The highest BCUT2D eigenvalue weighted by Crippen LogP contribution is 2.23. The molecule has 0 saturated carbocycles. The number of aromatic nitrogens is 2. The number of rotatable bonds is 8. The fourth-order valence-corrected chi connectivity index (χ4v) is 4.24. The van der Waals surface area contributed by atoms with Gasteiger partial charge in [-0.05, 0) is 69.3 Å². The van der Waals surface area contributed by atoms with Gasteiger partial charge in [-0.25, -0.2) is 14.2 Å². The van der Waals surface area contributed by atoms with Crippen molar-refractivity contribution in [2.45, 2.75) is 18.9 Å². The third-order valence-electron chi connectivity index (χ3n) is 4.50. The van der Waals surface area contributed by atoms with Crippen LogP contribution in [0.4, 0.5) is 15.9 Å². The van der Waals surface area contributed by atoms with E-state index < -0.39 is 16.0 Å². The second kappa shape index (κ2) is 10.7. The third-order valence-corrected chi connectivity index (χ3v) is 6.56. The number of hydrogen-bond donors (Lipinski definition) is 4. The summed E-state index contributed by atoms with van der Waals surface area (Å²) in [5.74, 6) is 0.603. The van der Waals surface area contributed by atoms with Crippen LogP contribution < -0.4 is 15.8 Å². The van der Waals surface area contributed by atoms with Crippen molar-refractivity contribution < 1.29 is 22.0 Å². The van der Waals surface area contributed by atoms with E-state index in [1.54, 1.807) is 12.1 Å². The van der Waals surface area contributed by atoms with Gasteiger partial charge in [0, 0.05) is 30.6 Å². The number of aliphatic imine (C=N–C) groups is 1. The molecule has 0 bridgehead atoms. The molecule has 1 aromatic carbocycles. The van der Waals surface area contributed by atoms with Crippen molar-refractivity contribution in [1.82, 2.24) is 14.6 Å². The van der Waals surface area contributed by atoms with E-state index in [0.717, 1.165) is 0 Å². The predicted octanol–water partition coefficient (Wildman–Crippen LogP) is 2.12. The molecule has 1 aromatic heterocycles. The molecular formula is C16H21BrFN7O4S2. The van der Waals surface area contributed by atoms with Gasteiger partial charge >= 0.3 is 0 Å². The largest absolute Gasteiger partial charge is 0.362 e. The SMILES string of the molecule is NS(=O)(=O)N1CCC(Nc2nonc2C(=NCCSO)Nc2ccc(F)c(Br)c2)CC1. The molecule has 0 atom stereocenters. The average molecular weight is 538 g/mol. The van der Waals surface area contributed by atoms with Crippen LogP contribution in [0.5, 0.6) is 0 Å². The number of nitrogens with zero attached hydrogens (tertiary/aromatic N) is 4. The maximum absolute atomic E-state index is 13.6. The predicted molar refractivity (Wildman–Crippen MR) is 120 cm³/mol. The van der Waals surface area contributed by atoms with Crippen LogP contribution in [0.25, 0.3) is 0 Å². The first kappa shape index (κ1) is 23.9. The van der Waals surface area contributed by atoms with Crippen LogP contribution in [0, 0.1) is 5.82 Å². The second-order valence-corrected chi connectivity index (χ2v) is 9.71. The van der Waals surface area contributed by atoms with Crippen molar-refractivity contribution in [3.05, 3.63) is 34.2 Å². The van der Waals surface area contributed by atoms with Crippen molar-refractivity contribution in [3.63, 3.8) is 0 Å². The topological polar surface area (TPSA) is 159 Å². The molecule has 170 valence electrons. The first-order valence-corrected chi connectivity index (χ1v) is 12.4. The number of halogens is 2. The van der Waals surface area contributed by atoms with Crippen LogP contribution in [-0.2, 0) is 10.2 Å². The maximum atomic E-state index is 13.6. The molecule has 0 unspecified atom stereocenters. The summed E-state index contributed by atoms with van der Waals surface area (Å²) in [6.07, 6.45) is 1.05. The Morgan fingerprint density at radius 3 is 2.81 bits per heavy atom. The highest BCUT2D eigenvalue weighted by molar-refractivity contribution is 9.10. The van der Waals surface area contributed by atoms with Gasteiger partial charge in [-0.15, -0.1) is 0 Å². The van der Waals surface area contributed by atoms with Gasteiger partial charge < -0.3 is 15.2 Å². The molecule has 0 radical (unpaired) electrons. The molecule has 0 amide bonds. The number of anilines is 2. The number of benzene rings is 1. The Morgan fingerprint density at radius 2 is 2.16 bits per heavy atom. The summed E-state index contributed by atoms with van der Waals surface area (Å²) >= 11 is 3.80. The van der Waals surface area contributed by atoms with Crippen LogP contribution >= 0.6 is 28.0 Å². The van der Waals surface area contributed by atoms with Crippen molar-refractivity contribution in [2.75, 3.05) is 36.0 Å². The van der Waals surface area contributed by atoms with Crippen molar-refractivity contribution in [3.8, 4) is 0 Å². The fraction of sp³-hybridized carbons (Fsp3) is 0.438. The molecule has 1 aliphatic rings. The minimum Gasteiger partial charge on any atom is -0.362 e. The van der Waals surface area contributed by atoms with Crippen LogP contribution in [0.15, 0.2) is 32.3 Å². The molecule has 31 heavy (non-hydrogen) atoms. The maximum Gasteiger partial charge on any atom is 0.276 e. The lowest BCUT2D eigenvalue weighted by Gasteiger charge is -2.30. The molecule has 5 N–H and O–H groups in total. The molecule has 0 spiro atoms. The van der Waals surface area contributed by atoms with E-state index >= 15 is 0 Å². The van der Waals surface area contributed by atoms with Gasteiger partial charge in [-0.3, -0.25) is 4.99 Å². The summed E-state index contributed by atoms with van der Waals surface area (Å²) in [6.45, 7) is 0.853. The highest BCUT2D eigenvalue weighted by Gasteiger charge is 2.27. The van der Waals surface area contributed by atoms with Crippen molar-refractivity contribution in [2.24, 2.45) is 10.1 Å². The van der Waals surface area contributed by atoms with Gasteiger partial charge in [-0.2, -0.15) is 12.7 Å². The van der Waals surface area contributed by atoms with Crippen LogP contribution in [0.1, 0.15) is 18.5 Å². The molecule has 1 aliphatic heterocycles. The van der Waals surface area contributed by atoms with Crippen LogP contribution in [0.2, 0.25) is 0 Å². The molecular weight excluding hydrogens is 517 g/mol. The number of piperidine rings is 1. The normalized spacial score (nSPS) is 16.5. The summed E-state index contributed by atoms with van der Waals surface area (Å²) in [5, 5.41) is 19.3. The second-order valence-electron chi connectivity index (χ2n) is 6.64. The lowest BCUT2D eigenvalue weighted by molar-refractivity contribution is 0.305. The Kier molecular flexibility index (Phi) is 8.23. The zero-order valence-corrected chi connectivity index (χ0v) is 19.4. The Bertz CT molecular complexity index is 1030. The van der Waals surface area contributed by atoms with E-state index in [1.807, 2.05) is 0 Å². The summed E-state index contributed by atoms with van der Waals surface area (Å²) in [6, 6.07) is 4.32. The van der Waals surface area contributed by atoms with Gasteiger partial charge in [-0.1, -0.05) is 0 Å². The van der Waals surface area contributed by atoms with E-state index in [1.165, 1.54) is 10.4 Å². The van der Waals surface area contributed by atoms with Gasteiger partial charge in [0.25, 0.3) is 10.2 Å². The van der Waals surface area contributed by atoms with Gasteiger partial charge in [0.1, 0.15) is 5.82 Å². The van der Waals surface area contributed by atoms with E-state index in [9.17, 15) is 12.8 Å². The third kappa shape index (κ3) is 6.60. The lowest BCUT2D eigenvalue weighted by Crippen LogP contribution is -2.45. The summed E-state index contributed by atoms with van der Waals surface area (Å²) in [5.41, 5.74) is 0.858. The molecule has 0 aliphatic carbocycles. The Balaban J connectivity index is 1.76. The molecule has 3 rings (SSSR count). The molecule has 1 fully saturated rings. The molecule has 1 saturated heterocycles. The first-order valence-electron chi connectivity index (χ1n) is 9.18. The van der Waals surface area contributed by atoms with E-state index in [-0.39, 0.29) is 30.1 Å². The zero-order valence-electron chi connectivity index (χ0n) is 16.2. The van der Waals surface area contributed by atoms with Crippen molar-refractivity contribution >= 4 is 55.5 Å². The number of nitrogens with one attached hydrogen (secondary N) is 2. The van der Waals surface area contributed by atoms with Crippen LogP contribution in [-0.4, -0.2) is 64.9 Å². The Morgan fingerprint density at radius 1 is 1.42 bits per heavy atom. The molecule has 11 nitrogen and oxygen atoms in total.